The van der Waals surface area contributed by atoms with E-state index in [4.69, 9.17) is 0 Å². The van der Waals surface area contributed by atoms with Gasteiger partial charge in [-0.25, -0.2) is 4.68 Å². The molecule has 2 heterocycles. The van der Waals surface area contributed by atoms with E-state index in [9.17, 15) is 14.9 Å². The number of piperazine rings is 1. The van der Waals surface area contributed by atoms with Crippen LogP contribution < -0.4 is 5.32 Å². The van der Waals surface area contributed by atoms with E-state index in [0.717, 1.165) is 13.1 Å². The van der Waals surface area contributed by atoms with Crippen molar-refractivity contribution in [1.29, 1.82) is 0 Å². The molecular weight excluding hydrogens is 322 g/mol. The van der Waals surface area contributed by atoms with Gasteiger partial charge < -0.3 is 10.2 Å². The molecule has 1 saturated heterocycles. The highest BCUT2D eigenvalue weighted by Crippen LogP contribution is 2.21. The number of rotatable bonds is 3. The number of nitrogens with zero attached hydrogens (tertiary/aromatic N) is 4. The molecular formula is C14H16ClN5O3. The highest BCUT2D eigenvalue weighted by molar-refractivity contribution is 5.92. The first-order chi connectivity index (χ1) is 10.7. The number of carbonyl (C=O) groups excluding carboxylic acids is 1. The van der Waals surface area contributed by atoms with Gasteiger partial charge in [-0.15, -0.1) is 12.4 Å². The molecule has 3 rings (SSSR count). The van der Waals surface area contributed by atoms with Gasteiger partial charge in [0.15, 0.2) is 5.69 Å². The van der Waals surface area contributed by atoms with Crippen LogP contribution in [0.4, 0.5) is 5.69 Å². The van der Waals surface area contributed by atoms with E-state index in [2.05, 4.69) is 10.4 Å². The van der Waals surface area contributed by atoms with Gasteiger partial charge in [-0.05, 0) is 12.1 Å². The van der Waals surface area contributed by atoms with Crippen molar-refractivity contribution < 1.29 is 9.72 Å². The van der Waals surface area contributed by atoms with Crippen LogP contribution in [0.2, 0.25) is 0 Å². The summed E-state index contributed by atoms with van der Waals surface area (Å²) in [6.45, 7) is 2.79. The highest BCUT2D eigenvalue weighted by Gasteiger charge is 2.21. The maximum atomic E-state index is 12.4. The molecule has 0 saturated carbocycles. The Morgan fingerprint density at radius 2 is 1.91 bits per heavy atom. The van der Waals surface area contributed by atoms with Gasteiger partial charge in [0.1, 0.15) is 5.69 Å². The maximum absolute atomic E-state index is 12.4. The Morgan fingerprint density at radius 3 is 2.61 bits per heavy atom. The summed E-state index contributed by atoms with van der Waals surface area (Å²) in [5.74, 6) is -0.154. The number of hydrogen-bond acceptors (Lipinski definition) is 5. The molecule has 122 valence electrons. The number of amides is 1. The zero-order chi connectivity index (χ0) is 15.5. The number of nitro benzene ring substituents is 1. The summed E-state index contributed by atoms with van der Waals surface area (Å²) >= 11 is 0. The Balaban J connectivity index is 0.00000192. The Hall–Kier alpha value is -2.45. The van der Waals surface area contributed by atoms with Crippen LogP contribution in [0.25, 0.3) is 5.69 Å². The summed E-state index contributed by atoms with van der Waals surface area (Å²) in [6.07, 6.45) is 1.57. The van der Waals surface area contributed by atoms with Crippen LogP contribution in [0.3, 0.4) is 0 Å². The topological polar surface area (TPSA) is 93.3 Å². The normalized spacial score (nSPS) is 14.2. The van der Waals surface area contributed by atoms with Crippen LogP contribution >= 0.6 is 12.4 Å². The lowest BCUT2D eigenvalue weighted by Gasteiger charge is -2.26. The lowest BCUT2D eigenvalue weighted by atomic mass is 10.3. The third kappa shape index (κ3) is 3.49. The molecule has 0 aliphatic carbocycles. The van der Waals surface area contributed by atoms with Crippen LogP contribution in [0, 0.1) is 10.1 Å². The molecule has 8 nitrogen and oxygen atoms in total. The predicted molar refractivity (Wildman–Crippen MR) is 86.2 cm³/mol. The zero-order valence-corrected chi connectivity index (χ0v) is 13.0. The molecule has 1 N–H and O–H groups in total. The summed E-state index contributed by atoms with van der Waals surface area (Å²) in [6, 6.07) is 7.89. The lowest BCUT2D eigenvalue weighted by molar-refractivity contribution is -0.384. The van der Waals surface area contributed by atoms with Crippen LogP contribution in [0.15, 0.2) is 36.5 Å². The fourth-order valence-corrected chi connectivity index (χ4v) is 2.41. The molecule has 2 aromatic rings. The van der Waals surface area contributed by atoms with Crippen LogP contribution in [-0.4, -0.2) is 51.7 Å². The number of benzene rings is 1. The number of nitrogens with one attached hydrogen (secondary N) is 1. The molecule has 1 aliphatic heterocycles. The van der Waals surface area contributed by atoms with Gasteiger partial charge in [0, 0.05) is 38.4 Å². The van der Waals surface area contributed by atoms with Crippen molar-refractivity contribution in [2.24, 2.45) is 0 Å². The molecule has 0 bridgehead atoms. The Bertz CT molecular complexity index is 712. The molecule has 1 amide bonds. The van der Waals surface area contributed by atoms with Crippen LogP contribution in [-0.2, 0) is 0 Å². The van der Waals surface area contributed by atoms with E-state index in [1.807, 2.05) is 0 Å². The Labute approximate surface area is 138 Å². The third-order valence-electron chi connectivity index (χ3n) is 3.54. The number of carbonyl (C=O) groups is 1. The Morgan fingerprint density at radius 1 is 1.22 bits per heavy atom. The third-order valence-corrected chi connectivity index (χ3v) is 3.54. The molecule has 0 radical (unpaired) electrons. The molecule has 1 aliphatic rings. The zero-order valence-electron chi connectivity index (χ0n) is 12.2. The molecule has 9 heteroatoms. The Kier molecular flexibility index (Phi) is 5.30. The van der Waals surface area contributed by atoms with E-state index in [0.29, 0.717) is 24.5 Å². The maximum Gasteiger partial charge on any atom is 0.294 e. The molecule has 0 atom stereocenters. The molecule has 0 spiro atoms. The largest absolute Gasteiger partial charge is 0.335 e. The fourth-order valence-electron chi connectivity index (χ4n) is 2.41. The van der Waals surface area contributed by atoms with Crippen LogP contribution in [0.5, 0.6) is 0 Å². The predicted octanol–water partition coefficient (Wildman–Crippen LogP) is 1.25. The second-order valence-corrected chi connectivity index (χ2v) is 4.93. The second kappa shape index (κ2) is 7.21. The van der Waals surface area contributed by atoms with Gasteiger partial charge in [-0.1, -0.05) is 12.1 Å². The lowest BCUT2D eigenvalue weighted by Crippen LogP contribution is -2.46. The van der Waals surface area contributed by atoms with Crippen molar-refractivity contribution in [3.63, 3.8) is 0 Å². The van der Waals surface area contributed by atoms with Crippen molar-refractivity contribution in [3.05, 3.63) is 52.3 Å². The molecule has 0 unspecified atom stereocenters. The molecule has 23 heavy (non-hydrogen) atoms. The highest BCUT2D eigenvalue weighted by atomic mass is 35.5. The minimum absolute atomic E-state index is 0. The van der Waals surface area contributed by atoms with Crippen molar-refractivity contribution in [2.75, 3.05) is 26.2 Å². The smallest absolute Gasteiger partial charge is 0.294 e. The standard InChI is InChI=1S/C14H15N5O3.ClH/c20-14(17-9-6-15-7-10-17)11-5-8-18(16-11)12-3-1-2-4-13(12)19(21)22;/h1-5,8,15H,6-7,9-10H2;1H. The van der Waals surface area contributed by atoms with Crippen molar-refractivity contribution >= 4 is 24.0 Å². The minimum Gasteiger partial charge on any atom is -0.335 e. The quantitative estimate of drug-likeness (QED) is 0.672. The first kappa shape index (κ1) is 16.9. The van der Waals surface area contributed by atoms with Gasteiger partial charge in [0.25, 0.3) is 11.6 Å². The van der Waals surface area contributed by atoms with E-state index < -0.39 is 4.92 Å². The van der Waals surface area contributed by atoms with E-state index in [1.54, 1.807) is 35.4 Å². The number of aromatic nitrogens is 2. The minimum atomic E-state index is -0.463. The number of hydrogen-bond donors (Lipinski definition) is 1. The summed E-state index contributed by atoms with van der Waals surface area (Å²) in [5.41, 5.74) is 0.582. The first-order valence-electron chi connectivity index (χ1n) is 6.96. The summed E-state index contributed by atoms with van der Waals surface area (Å²) < 4.78 is 1.37. The number of para-hydroxylation sites is 2. The second-order valence-electron chi connectivity index (χ2n) is 4.93. The van der Waals surface area contributed by atoms with Gasteiger partial charge in [0.05, 0.1) is 4.92 Å². The number of nitro groups is 1. The molecule has 1 aromatic carbocycles. The van der Waals surface area contributed by atoms with Crippen molar-refractivity contribution in [1.82, 2.24) is 20.0 Å². The van der Waals surface area contributed by atoms with E-state index in [-0.39, 0.29) is 24.0 Å². The summed E-state index contributed by atoms with van der Waals surface area (Å²) in [4.78, 5) is 24.7. The molecule has 1 aromatic heterocycles. The van der Waals surface area contributed by atoms with Gasteiger partial charge in [-0.3, -0.25) is 14.9 Å². The number of halogens is 1. The van der Waals surface area contributed by atoms with Crippen molar-refractivity contribution in [3.8, 4) is 5.69 Å². The van der Waals surface area contributed by atoms with Gasteiger partial charge in [-0.2, -0.15) is 5.10 Å². The average Bonchev–Trinajstić information content (AvgIpc) is 3.04. The average molecular weight is 338 g/mol. The van der Waals surface area contributed by atoms with Crippen molar-refractivity contribution in [2.45, 2.75) is 0 Å². The summed E-state index contributed by atoms with van der Waals surface area (Å²) in [7, 11) is 0. The SMILES string of the molecule is Cl.O=C(c1ccn(-c2ccccc2[N+](=O)[O-])n1)N1CCNCC1. The fraction of sp³-hybridized carbons (Fsp3) is 0.286. The van der Waals surface area contributed by atoms with Crippen LogP contribution in [0.1, 0.15) is 10.5 Å². The van der Waals surface area contributed by atoms with Gasteiger partial charge >= 0.3 is 0 Å². The van der Waals surface area contributed by atoms with E-state index >= 15 is 0 Å². The monoisotopic (exact) mass is 337 g/mol. The summed E-state index contributed by atoms with van der Waals surface area (Å²) in [5, 5.41) is 18.4. The molecule has 1 fully saturated rings. The first-order valence-corrected chi connectivity index (χ1v) is 6.96. The van der Waals surface area contributed by atoms with E-state index in [1.165, 1.54) is 10.7 Å². The van der Waals surface area contributed by atoms with Gasteiger partial charge in [0.2, 0.25) is 0 Å².